The normalized spacial score (nSPS) is 16.6. The predicted octanol–water partition coefficient (Wildman–Crippen LogP) is 5.41. The van der Waals surface area contributed by atoms with Crippen LogP contribution in [0, 0.1) is 36.9 Å². The van der Waals surface area contributed by atoms with Crippen molar-refractivity contribution in [2.24, 2.45) is 5.41 Å². The maximum absolute atomic E-state index is 14.1. The number of hydrogen-bond acceptors (Lipinski definition) is 4. The van der Waals surface area contributed by atoms with E-state index in [2.05, 4.69) is 34.3 Å². The van der Waals surface area contributed by atoms with Crippen molar-refractivity contribution in [3.63, 3.8) is 0 Å². The van der Waals surface area contributed by atoms with E-state index in [1.54, 1.807) is 29.2 Å². The average Bonchev–Trinajstić information content (AvgIpc) is 3.41. The number of rotatable bonds is 8. The van der Waals surface area contributed by atoms with Crippen LogP contribution < -0.4 is 10.9 Å². The fraction of sp³-hybridized carbons (Fsp3) is 0.412. The Morgan fingerprint density at radius 2 is 1.90 bits per heavy atom. The molecule has 2 amide bonds. The van der Waals surface area contributed by atoms with Crippen LogP contribution in [0.1, 0.15) is 90.8 Å². The van der Waals surface area contributed by atoms with Crippen molar-refractivity contribution in [2.45, 2.75) is 78.8 Å². The first-order valence-corrected chi connectivity index (χ1v) is 14.5. The van der Waals surface area contributed by atoms with Gasteiger partial charge in [0.2, 0.25) is 5.91 Å². The van der Waals surface area contributed by atoms with Gasteiger partial charge in [-0.15, -0.1) is 5.92 Å². The number of nitrogens with zero attached hydrogens (tertiary/aromatic N) is 2. The highest BCUT2D eigenvalue weighted by Gasteiger charge is 2.44. The Hall–Kier alpha value is -4.25. The number of H-pyrrole nitrogens is 1. The molecule has 3 aromatic rings. The number of benzene rings is 2. The van der Waals surface area contributed by atoms with Crippen molar-refractivity contribution in [1.82, 2.24) is 20.4 Å². The number of amides is 2. The van der Waals surface area contributed by atoms with Crippen molar-refractivity contribution >= 4 is 11.8 Å². The summed E-state index contributed by atoms with van der Waals surface area (Å²) in [4.78, 5) is 40.8. The van der Waals surface area contributed by atoms with Gasteiger partial charge in [-0.05, 0) is 94.0 Å². The maximum atomic E-state index is 14.1. The number of unbranched alkanes of at least 4 members (excludes halogenated alkanes) is 1. The molecular weight excluding hydrogens is 531 g/mol. The molecule has 0 spiro atoms. The topological polar surface area (TPSA) is 95.2 Å². The highest BCUT2D eigenvalue weighted by atomic mass is 19.1. The third-order valence-electron chi connectivity index (χ3n) is 7.92. The van der Waals surface area contributed by atoms with Crippen LogP contribution in [0.25, 0.3) is 0 Å². The Morgan fingerprint density at radius 3 is 2.62 bits per heavy atom. The molecule has 2 heterocycles. The average molecular weight is 571 g/mol. The zero-order valence-corrected chi connectivity index (χ0v) is 25.0. The number of halogens is 1. The van der Waals surface area contributed by atoms with Crippen molar-refractivity contribution < 1.29 is 14.0 Å². The summed E-state index contributed by atoms with van der Waals surface area (Å²) >= 11 is 0. The SMILES string of the molecule is CCCC#CC(C)(C)[C@H]1CC[C@@H](c2cccc(F)c2)N1C(=O)CNC(=O)c1ccc(Cc2cc(C)n[nH]c2=O)c(C)c1. The fourth-order valence-electron chi connectivity index (χ4n) is 5.69. The van der Waals surface area contributed by atoms with Crippen molar-refractivity contribution in [3.8, 4) is 11.8 Å². The van der Waals surface area contributed by atoms with Crippen molar-refractivity contribution in [3.05, 3.63) is 98.2 Å². The first-order chi connectivity index (χ1) is 20.0. The highest BCUT2D eigenvalue weighted by molar-refractivity contribution is 5.96. The Balaban J connectivity index is 1.50. The van der Waals surface area contributed by atoms with E-state index in [1.165, 1.54) is 12.1 Å². The quantitative estimate of drug-likeness (QED) is 0.354. The lowest BCUT2D eigenvalue weighted by Gasteiger charge is -2.37. The number of likely N-dealkylation sites (tertiary alicyclic amines) is 1. The molecule has 42 heavy (non-hydrogen) atoms. The van der Waals surface area contributed by atoms with Crippen LogP contribution in [0.4, 0.5) is 4.39 Å². The second-order valence-corrected chi connectivity index (χ2v) is 11.6. The molecule has 1 saturated heterocycles. The lowest BCUT2D eigenvalue weighted by Crippen LogP contribution is -2.48. The van der Waals surface area contributed by atoms with Gasteiger partial charge in [0.15, 0.2) is 0 Å². The van der Waals surface area contributed by atoms with Crippen LogP contribution in [0.2, 0.25) is 0 Å². The van der Waals surface area contributed by atoms with Gasteiger partial charge in [-0.25, -0.2) is 9.49 Å². The summed E-state index contributed by atoms with van der Waals surface area (Å²) in [6, 6.07) is 12.9. The van der Waals surface area contributed by atoms with Crippen molar-refractivity contribution in [2.75, 3.05) is 6.54 Å². The second kappa shape index (κ2) is 13.2. The molecule has 2 N–H and O–H groups in total. The summed E-state index contributed by atoms with van der Waals surface area (Å²) in [5.41, 5.74) is 3.56. The number of nitrogens with one attached hydrogen (secondary N) is 2. The fourth-order valence-corrected chi connectivity index (χ4v) is 5.69. The number of carbonyl (C=O) groups excluding carboxylic acids is 2. The lowest BCUT2D eigenvalue weighted by molar-refractivity contribution is -0.134. The minimum absolute atomic E-state index is 0.180. The molecule has 2 atom stereocenters. The van der Waals surface area contributed by atoms with E-state index >= 15 is 0 Å². The zero-order chi connectivity index (χ0) is 30.4. The molecule has 7 nitrogen and oxygen atoms in total. The highest BCUT2D eigenvalue weighted by Crippen LogP contribution is 2.43. The second-order valence-electron chi connectivity index (χ2n) is 11.6. The first kappa shape index (κ1) is 30.7. The molecule has 2 aromatic carbocycles. The number of aryl methyl sites for hydroxylation is 2. The smallest absolute Gasteiger partial charge is 0.267 e. The summed E-state index contributed by atoms with van der Waals surface area (Å²) < 4.78 is 14.1. The molecular formula is C34H39FN4O3. The van der Waals surface area contributed by atoms with Gasteiger partial charge in [-0.3, -0.25) is 14.4 Å². The molecule has 1 aromatic heterocycles. The summed E-state index contributed by atoms with van der Waals surface area (Å²) in [7, 11) is 0. The van der Waals surface area contributed by atoms with Gasteiger partial charge in [-0.1, -0.05) is 31.0 Å². The third-order valence-corrected chi connectivity index (χ3v) is 7.92. The van der Waals surface area contributed by atoms with Crippen LogP contribution in [0.5, 0.6) is 0 Å². The van der Waals surface area contributed by atoms with Gasteiger partial charge >= 0.3 is 0 Å². The number of carbonyl (C=O) groups is 2. The summed E-state index contributed by atoms with van der Waals surface area (Å²) in [5.74, 6) is 5.66. The van der Waals surface area contributed by atoms with Crippen LogP contribution in [-0.4, -0.2) is 39.5 Å². The summed E-state index contributed by atoms with van der Waals surface area (Å²) in [6.45, 7) is 9.67. The molecule has 4 rings (SSSR count). The van der Waals surface area contributed by atoms with E-state index in [-0.39, 0.29) is 41.8 Å². The Morgan fingerprint density at radius 1 is 1.12 bits per heavy atom. The van der Waals surface area contributed by atoms with Crippen molar-refractivity contribution in [1.29, 1.82) is 0 Å². The van der Waals surface area contributed by atoms with E-state index in [0.717, 1.165) is 41.6 Å². The van der Waals surface area contributed by atoms with E-state index in [4.69, 9.17) is 0 Å². The molecule has 220 valence electrons. The molecule has 0 unspecified atom stereocenters. The molecule has 0 radical (unpaired) electrons. The number of hydrogen-bond donors (Lipinski definition) is 2. The third kappa shape index (κ3) is 7.14. The van der Waals surface area contributed by atoms with Crippen LogP contribution in [-0.2, 0) is 11.2 Å². The van der Waals surface area contributed by atoms with Crippen LogP contribution >= 0.6 is 0 Å². The first-order valence-electron chi connectivity index (χ1n) is 14.5. The molecule has 0 aliphatic carbocycles. The maximum Gasteiger partial charge on any atom is 0.267 e. The Kier molecular flexibility index (Phi) is 9.62. The van der Waals surface area contributed by atoms with Gasteiger partial charge in [0, 0.05) is 35.4 Å². The predicted molar refractivity (Wildman–Crippen MR) is 161 cm³/mol. The van der Waals surface area contributed by atoms with E-state index in [0.29, 0.717) is 24.0 Å². The monoisotopic (exact) mass is 570 g/mol. The summed E-state index contributed by atoms with van der Waals surface area (Å²) in [5, 5.41) is 9.21. The standard InChI is InChI=1S/C34H39FN4O3/c1-6-7-8-16-34(4,5)30-15-14-29(25-10-9-11-28(35)20-25)39(30)31(40)21-36-32(41)26-13-12-24(22(2)17-26)19-27-18-23(3)37-38-33(27)42/h9-13,17-18,20,29-30H,6-7,14-15,19,21H2,1-5H3,(H,36,41)(H,38,42)/t29-,30+/m0/s1. The molecule has 1 fully saturated rings. The molecule has 0 bridgehead atoms. The zero-order valence-electron chi connectivity index (χ0n) is 25.0. The van der Waals surface area contributed by atoms with Gasteiger partial charge in [0.05, 0.1) is 18.3 Å². The van der Waals surface area contributed by atoms with Gasteiger partial charge in [0.1, 0.15) is 5.82 Å². The molecule has 1 aliphatic heterocycles. The summed E-state index contributed by atoms with van der Waals surface area (Å²) in [6.07, 6.45) is 3.57. The van der Waals surface area contributed by atoms with Crippen LogP contribution in [0.3, 0.4) is 0 Å². The van der Waals surface area contributed by atoms with E-state index < -0.39 is 5.41 Å². The minimum atomic E-state index is -0.473. The van der Waals surface area contributed by atoms with Gasteiger partial charge in [0.25, 0.3) is 11.5 Å². The molecule has 0 saturated carbocycles. The number of aromatic nitrogens is 2. The lowest BCUT2D eigenvalue weighted by atomic mass is 9.83. The van der Waals surface area contributed by atoms with E-state index in [1.807, 2.05) is 39.8 Å². The minimum Gasteiger partial charge on any atom is -0.343 e. The Bertz CT molecular complexity index is 1580. The molecule has 8 heteroatoms. The van der Waals surface area contributed by atoms with Crippen LogP contribution in [0.15, 0.2) is 53.3 Å². The van der Waals surface area contributed by atoms with Gasteiger partial charge < -0.3 is 10.2 Å². The van der Waals surface area contributed by atoms with Gasteiger partial charge in [-0.2, -0.15) is 5.10 Å². The van der Waals surface area contributed by atoms with E-state index in [9.17, 15) is 18.8 Å². The Labute approximate surface area is 246 Å². The number of aromatic amines is 1. The largest absolute Gasteiger partial charge is 0.343 e. The molecule has 1 aliphatic rings.